The van der Waals surface area contributed by atoms with E-state index in [1.165, 1.54) is 4.90 Å². The Labute approximate surface area is 152 Å². The molecule has 0 heterocycles. The highest BCUT2D eigenvalue weighted by atomic mass is 16.4. The second-order valence-corrected chi connectivity index (χ2v) is 6.13. The van der Waals surface area contributed by atoms with Crippen molar-refractivity contribution in [2.45, 2.75) is 13.5 Å². The van der Waals surface area contributed by atoms with Crippen molar-refractivity contribution in [2.24, 2.45) is 5.92 Å². The first-order chi connectivity index (χ1) is 12.4. The maximum absolute atomic E-state index is 12.0. The highest BCUT2D eigenvalue weighted by Crippen LogP contribution is 2.23. The Kier molecular flexibility index (Phi) is 6.34. The van der Waals surface area contributed by atoms with Crippen molar-refractivity contribution < 1.29 is 14.7 Å². The number of benzene rings is 2. The van der Waals surface area contributed by atoms with Crippen LogP contribution in [0.2, 0.25) is 0 Å². The van der Waals surface area contributed by atoms with Gasteiger partial charge in [0.15, 0.2) is 0 Å². The number of nitrogens with zero attached hydrogens (tertiary/aromatic N) is 2. The predicted molar refractivity (Wildman–Crippen MR) is 98.3 cm³/mol. The molecule has 0 aliphatic carbocycles. The molecule has 2 N–H and O–H groups in total. The number of hydrogen-bond acceptors (Lipinski definition) is 3. The van der Waals surface area contributed by atoms with Crippen molar-refractivity contribution in [3.05, 3.63) is 59.7 Å². The van der Waals surface area contributed by atoms with Gasteiger partial charge in [0.25, 0.3) is 0 Å². The molecule has 1 atom stereocenters. The van der Waals surface area contributed by atoms with Crippen LogP contribution in [0.5, 0.6) is 0 Å². The normalized spacial score (nSPS) is 11.3. The van der Waals surface area contributed by atoms with Crippen LogP contribution in [-0.4, -0.2) is 35.6 Å². The van der Waals surface area contributed by atoms with Gasteiger partial charge in [-0.15, -0.1) is 0 Å². The van der Waals surface area contributed by atoms with E-state index < -0.39 is 11.9 Å². The number of rotatable bonds is 6. The lowest BCUT2D eigenvalue weighted by molar-refractivity contribution is -0.141. The Balaban J connectivity index is 1.96. The summed E-state index contributed by atoms with van der Waals surface area (Å²) in [6, 6.07) is 16.9. The SMILES string of the molecule is CC(CN(C)C(=O)NCc1ccc(-c2ccccc2C#N)cc1)C(=O)O. The first-order valence-corrected chi connectivity index (χ1v) is 8.22. The fourth-order valence-electron chi connectivity index (χ4n) is 2.52. The number of aliphatic carboxylic acids is 1. The molecule has 0 spiro atoms. The Morgan fingerprint density at radius 1 is 1.19 bits per heavy atom. The Morgan fingerprint density at radius 2 is 1.85 bits per heavy atom. The monoisotopic (exact) mass is 351 g/mol. The van der Waals surface area contributed by atoms with Gasteiger partial charge in [-0.25, -0.2) is 4.79 Å². The molecule has 0 aromatic heterocycles. The van der Waals surface area contributed by atoms with E-state index in [9.17, 15) is 14.9 Å². The Morgan fingerprint density at radius 3 is 2.46 bits per heavy atom. The number of carboxylic acid groups (broad SMARTS) is 1. The van der Waals surface area contributed by atoms with E-state index in [4.69, 9.17) is 5.11 Å². The van der Waals surface area contributed by atoms with Gasteiger partial charge in [0.1, 0.15) is 0 Å². The average molecular weight is 351 g/mol. The molecule has 6 heteroatoms. The van der Waals surface area contributed by atoms with Crippen LogP contribution in [-0.2, 0) is 11.3 Å². The lowest BCUT2D eigenvalue weighted by Crippen LogP contribution is -2.40. The summed E-state index contributed by atoms with van der Waals surface area (Å²) in [7, 11) is 1.57. The number of carbonyl (C=O) groups is 2. The van der Waals surface area contributed by atoms with Crippen LogP contribution in [0.4, 0.5) is 4.79 Å². The number of nitriles is 1. The second-order valence-electron chi connectivity index (χ2n) is 6.13. The molecular weight excluding hydrogens is 330 g/mol. The highest BCUT2D eigenvalue weighted by molar-refractivity contribution is 5.76. The van der Waals surface area contributed by atoms with Crippen LogP contribution in [0.15, 0.2) is 48.5 Å². The molecule has 134 valence electrons. The van der Waals surface area contributed by atoms with Crippen molar-refractivity contribution in [1.29, 1.82) is 5.26 Å². The van der Waals surface area contributed by atoms with Gasteiger partial charge < -0.3 is 15.3 Å². The zero-order valence-electron chi connectivity index (χ0n) is 14.8. The summed E-state index contributed by atoms with van der Waals surface area (Å²) in [6.45, 7) is 2.04. The van der Waals surface area contributed by atoms with Gasteiger partial charge in [-0.2, -0.15) is 5.26 Å². The fourth-order valence-corrected chi connectivity index (χ4v) is 2.52. The van der Waals surface area contributed by atoms with Gasteiger partial charge >= 0.3 is 12.0 Å². The molecular formula is C20H21N3O3. The number of carbonyl (C=O) groups excluding carboxylic acids is 1. The molecule has 0 saturated heterocycles. The molecule has 2 aromatic rings. The minimum absolute atomic E-state index is 0.144. The third-order valence-electron chi connectivity index (χ3n) is 4.07. The third kappa shape index (κ3) is 4.84. The van der Waals surface area contributed by atoms with Crippen LogP contribution in [0.25, 0.3) is 11.1 Å². The third-order valence-corrected chi connectivity index (χ3v) is 4.07. The molecule has 1 unspecified atom stereocenters. The Hall–Kier alpha value is -3.33. The van der Waals surface area contributed by atoms with E-state index in [1.54, 1.807) is 20.0 Å². The molecule has 26 heavy (non-hydrogen) atoms. The zero-order chi connectivity index (χ0) is 19.1. The number of urea groups is 1. The molecule has 0 bridgehead atoms. The summed E-state index contributed by atoms with van der Waals surface area (Å²) >= 11 is 0. The van der Waals surface area contributed by atoms with Crippen molar-refractivity contribution in [3.8, 4) is 17.2 Å². The predicted octanol–water partition coefficient (Wildman–Crippen LogP) is 3.09. The smallest absolute Gasteiger partial charge is 0.317 e. The molecule has 2 aromatic carbocycles. The number of carboxylic acids is 1. The van der Waals surface area contributed by atoms with Gasteiger partial charge in [-0.3, -0.25) is 4.79 Å². The van der Waals surface area contributed by atoms with Crippen molar-refractivity contribution in [3.63, 3.8) is 0 Å². The van der Waals surface area contributed by atoms with E-state index in [0.717, 1.165) is 16.7 Å². The summed E-state index contributed by atoms with van der Waals surface area (Å²) in [5.41, 5.74) is 3.33. The van der Waals surface area contributed by atoms with E-state index in [1.807, 2.05) is 42.5 Å². The molecule has 2 rings (SSSR count). The molecule has 0 fully saturated rings. The first-order valence-electron chi connectivity index (χ1n) is 8.22. The second kappa shape index (κ2) is 8.67. The van der Waals surface area contributed by atoms with Gasteiger partial charge in [-0.05, 0) is 22.8 Å². The Bertz CT molecular complexity index is 825. The van der Waals surface area contributed by atoms with Gasteiger partial charge in [0.05, 0.1) is 17.6 Å². The van der Waals surface area contributed by atoms with Crippen molar-refractivity contribution in [1.82, 2.24) is 10.2 Å². The van der Waals surface area contributed by atoms with E-state index in [2.05, 4.69) is 11.4 Å². The molecule has 2 amide bonds. The first kappa shape index (κ1) is 19.0. The fraction of sp³-hybridized carbons (Fsp3) is 0.250. The van der Waals surface area contributed by atoms with Crippen LogP contribution < -0.4 is 5.32 Å². The zero-order valence-corrected chi connectivity index (χ0v) is 14.8. The summed E-state index contributed by atoms with van der Waals surface area (Å²) < 4.78 is 0. The van der Waals surface area contributed by atoms with Crippen LogP contribution in [0, 0.1) is 17.2 Å². The van der Waals surface area contributed by atoms with Gasteiger partial charge in [0, 0.05) is 20.1 Å². The van der Waals surface area contributed by atoms with Crippen LogP contribution in [0.3, 0.4) is 0 Å². The van der Waals surface area contributed by atoms with E-state index >= 15 is 0 Å². The quantitative estimate of drug-likeness (QED) is 0.836. The van der Waals surface area contributed by atoms with E-state index in [-0.39, 0.29) is 12.6 Å². The maximum atomic E-state index is 12.0. The van der Waals surface area contributed by atoms with E-state index in [0.29, 0.717) is 12.1 Å². The number of amides is 2. The van der Waals surface area contributed by atoms with Crippen LogP contribution in [0.1, 0.15) is 18.1 Å². The topological polar surface area (TPSA) is 93.4 Å². The molecule has 0 saturated carbocycles. The maximum Gasteiger partial charge on any atom is 0.317 e. The molecule has 0 aliphatic heterocycles. The number of hydrogen-bond donors (Lipinski definition) is 2. The van der Waals surface area contributed by atoms with Gasteiger partial charge in [0.2, 0.25) is 0 Å². The lowest BCUT2D eigenvalue weighted by atomic mass is 9.99. The molecule has 6 nitrogen and oxygen atoms in total. The number of nitrogens with one attached hydrogen (secondary N) is 1. The summed E-state index contributed by atoms with van der Waals surface area (Å²) in [6.07, 6.45) is 0. The average Bonchev–Trinajstić information content (AvgIpc) is 2.66. The summed E-state index contributed by atoms with van der Waals surface area (Å²) in [5.74, 6) is -1.55. The summed E-state index contributed by atoms with van der Waals surface area (Å²) in [5, 5.41) is 20.9. The highest BCUT2D eigenvalue weighted by Gasteiger charge is 2.17. The van der Waals surface area contributed by atoms with Crippen LogP contribution >= 0.6 is 0 Å². The molecule has 0 aliphatic rings. The van der Waals surface area contributed by atoms with Crippen molar-refractivity contribution >= 4 is 12.0 Å². The summed E-state index contributed by atoms with van der Waals surface area (Å²) in [4.78, 5) is 24.2. The standard InChI is InChI=1S/C20H21N3O3/c1-14(19(24)25)13-23(2)20(26)22-12-15-7-9-16(10-8-15)18-6-4-3-5-17(18)11-21/h3-10,14H,12-13H2,1-2H3,(H,22,26)(H,24,25). The largest absolute Gasteiger partial charge is 0.481 e. The van der Waals surface area contributed by atoms with Crippen molar-refractivity contribution in [2.75, 3.05) is 13.6 Å². The molecule has 0 radical (unpaired) electrons. The minimum Gasteiger partial charge on any atom is -0.481 e. The van der Waals surface area contributed by atoms with Gasteiger partial charge in [-0.1, -0.05) is 49.4 Å². The lowest BCUT2D eigenvalue weighted by Gasteiger charge is -2.20. The minimum atomic E-state index is -0.933.